The molecule has 0 spiro atoms. The van der Waals surface area contributed by atoms with Gasteiger partial charge in [0.15, 0.2) is 0 Å². The zero-order valence-corrected chi connectivity index (χ0v) is 7.49. The first-order valence-electron chi connectivity index (χ1n) is 4.29. The van der Waals surface area contributed by atoms with E-state index in [0.29, 0.717) is 6.54 Å². The highest BCUT2D eigenvalue weighted by atomic mass is 16.5. The van der Waals surface area contributed by atoms with Crippen molar-refractivity contribution in [2.24, 2.45) is 5.73 Å². The van der Waals surface area contributed by atoms with Crippen LogP contribution in [0.2, 0.25) is 0 Å². The van der Waals surface area contributed by atoms with E-state index >= 15 is 0 Å². The maximum Gasteiger partial charge on any atom is 0.0825 e. The summed E-state index contributed by atoms with van der Waals surface area (Å²) in [5.74, 6) is 2.71. The van der Waals surface area contributed by atoms with Crippen LogP contribution >= 0.6 is 0 Å². The number of nitrogens with two attached hydrogens (primary N) is 1. The fraction of sp³-hybridized carbons (Fsp3) is 0.778. The third-order valence-electron chi connectivity index (χ3n) is 2.22. The second kappa shape index (κ2) is 4.46. The van der Waals surface area contributed by atoms with Crippen molar-refractivity contribution in [3.8, 4) is 12.3 Å². The maximum atomic E-state index is 5.50. The van der Waals surface area contributed by atoms with Crippen LogP contribution in [-0.4, -0.2) is 43.3 Å². The van der Waals surface area contributed by atoms with Gasteiger partial charge in [0.05, 0.1) is 18.8 Å². The summed E-state index contributed by atoms with van der Waals surface area (Å²) < 4.78 is 5.42. The molecule has 1 rings (SSSR count). The van der Waals surface area contributed by atoms with Crippen molar-refractivity contribution in [2.75, 3.05) is 26.2 Å². The summed E-state index contributed by atoms with van der Waals surface area (Å²) in [5, 5.41) is 0. The van der Waals surface area contributed by atoms with E-state index in [-0.39, 0.29) is 12.1 Å². The summed E-state index contributed by atoms with van der Waals surface area (Å²) in [6, 6.07) is 0.197. The van der Waals surface area contributed by atoms with E-state index < -0.39 is 0 Å². The third-order valence-corrected chi connectivity index (χ3v) is 2.22. The summed E-state index contributed by atoms with van der Waals surface area (Å²) >= 11 is 0. The Kier molecular flexibility index (Phi) is 3.54. The number of hydrogen-bond acceptors (Lipinski definition) is 3. The fourth-order valence-electron chi connectivity index (χ4n) is 1.34. The van der Waals surface area contributed by atoms with Crippen LogP contribution in [0.15, 0.2) is 0 Å². The van der Waals surface area contributed by atoms with Crippen molar-refractivity contribution in [3.05, 3.63) is 0 Å². The second-order valence-corrected chi connectivity index (χ2v) is 3.07. The molecule has 0 aromatic rings. The second-order valence-electron chi connectivity index (χ2n) is 3.07. The first-order valence-corrected chi connectivity index (χ1v) is 4.29. The van der Waals surface area contributed by atoms with E-state index in [0.717, 1.165) is 19.7 Å². The van der Waals surface area contributed by atoms with E-state index in [1.54, 1.807) is 0 Å². The Balaban J connectivity index is 2.41. The van der Waals surface area contributed by atoms with Gasteiger partial charge in [0.1, 0.15) is 0 Å². The molecule has 3 heteroatoms. The normalized spacial score (nSPS) is 27.9. The summed E-state index contributed by atoms with van der Waals surface area (Å²) in [6.45, 7) is 5.13. The molecule has 68 valence electrons. The van der Waals surface area contributed by atoms with Crippen molar-refractivity contribution in [1.82, 2.24) is 4.90 Å². The first-order chi connectivity index (χ1) is 5.77. The van der Waals surface area contributed by atoms with Gasteiger partial charge in [0.2, 0.25) is 0 Å². The molecular formula is C9H16N2O. The number of terminal acetylenes is 1. The molecule has 0 aromatic heterocycles. The lowest BCUT2D eigenvalue weighted by Crippen LogP contribution is -2.48. The van der Waals surface area contributed by atoms with Crippen molar-refractivity contribution in [1.29, 1.82) is 0 Å². The molecule has 0 bridgehead atoms. The minimum absolute atomic E-state index is 0.162. The molecule has 1 heterocycles. The van der Waals surface area contributed by atoms with Gasteiger partial charge in [-0.3, -0.25) is 4.90 Å². The maximum absolute atomic E-state index is 5.50. The van der Waals surface area contributed by atoms with Gasteiger partial charge in [0.25, 0.3) is 0 Å². The Morgan fingerprint density at radius 3 is 3.17 bits per heavy atom. The Labute approximate surface area is 73.9 Å². The highest BCUT2D eigenvalue weighted by Gasteiger charge is 2.21. The van der Waals surface area contributed by atoms with Crippen LogP contribution in [0, 0.1) is 12.3 Å². The van der Waals surface area contributed by atoms with Crippen molar-refractivity contribution >= 4 is 0 Å². The predicted molar refractivity (Wildman–Crippen MR) is 48.7 cm³/mol. The minimum atomic E-state index is 0.162. The standard InChI is InChI=1S/C9H16N2O/c1-3-8(2)11-4-5-12-9(6-10)7-11/h1,8-9H,4-7,10H2,2H3. The zero-order chi connectivity index (χ0) is 8.97. The molecule has 2 N–H and O–H groups in total. The molecular weight excluding hydrogens is 152 g/mol. The van der Waals surface area contributed by atoms with Crippen LogP contribution < -0.4 is 5.73 Å². The number of nitrogens with zero attached hydrogens (tertiary/aromatic N) is 1. The van der Waals surface area contributed by atoms with E-state index in [1.807, 2.05) is 6.92 Å². The molecule has 1 fully saturated rings. The molecule has 1 saturated heterocycles. The molecule has 2 unspecified atom stereocenters. The molecule has 12 heavy (non-hydrogen) atoms. The summed E-state index contributed by atoms with van der Waals surface area (Å²) in [5.41, 5.74) is 5.50. The molecule has 0 aliphatic carbocycles. The van der Waals surface area contributed by atoms with Crippen LogP contribution in [0.1, 0.15) is 6.92 Å². The van der Waals surface area contributed by atoms with Crippen LogP contribution in [0.25, 0.3) is 0 Å². The molecule has 0 amide bonds. The molecule has 0 saturated carbocycles. The van der Waals surface area contributed by atoms with Gasteiger partial charge in [0, 0.05) is 19.6 Å². The lowest BCUT2D eigenvalue weighted by atomic mass is 10.2. The van der Waals surface area contributed by atoms with Crippen molar-refractivity contribution < 1.29 is 4.74 Å². The highest BCUT2D eigenvalue weighted by molar-refractivity contribution is 4.98. The summed E-state index contributed by atoms with van der Waals surface area (Å²) in [6.07, 6.45) is 5.49. The van der Waals surface area contributed by atoms with Gasteiger partial charge < -0.3 is 10.5 Å². The molecule has 0 aromatic carbocycles. The van der Waals surface area contributed by atoms with Gasteiger partial charge in [-0.15, -0.1) is 6.42 Å². The van der Waals surface area contributed by atoms with Gasteiger partial charge in [-0.05, 0) is 6.92 Å². The molecule has 3 nitrogen and oxygen atoms in total. The lowest BCUT2D eigenvalue weighted by molar-refractivity contribution is -0.0288. The largest absolute Gasteiger partial charge is 0.374 e. The topological polar surface area (TPSA) is 38.5 Å². The molecule has 0 radical (unpaired) electrons. The monoisotopic (exact) mass is 168 g/mol. The van der Waals surface area contributed by atoms with E-state index in [2.05, 4.69) is 10.8 Å². The van der Waals surface area contributed by atoms with Gasteiger partial charge >= 0.3 is 0 Å². The lowest BCUT2D eigenvalue weighted by Gasteiger charge is -2.34. The number of ether oxygens (including phenoxy) is 1. The van der Waals surface area contributed by atoms with E-state index in [9.17, 15) is 0 Å². The predicted octanol–water partition coefficient (Wildman–Crippen LogP) is -0.332. The summed E-state index contributed by atoms with van der Waals surface area (Å²) in [4.78, 5) is 2.22. The van der Waals surface area contributed by atoms with Gasteiger partial charge in [-0.1, -0.05) is 5.92 Å². The van der Waals surface area contributed by atoms with Crippen LogP contribution in [0.3, 0.4) is 0 Å². The SMILES string of the molecule is C#CC(C)N1CCOC(CN)C1. The average molecular weight is 168 g/mol. The molecule has 1 aliphatic rings. The van der Waals surface area contributed by atoms with Crippen molar-refractivity contribution in [3.63, 3.8) is 0 Å². The highest BCUT2D eigenvalue weighted by Crippen LogP contribution is 2.07. The molecule has 1 aliphatic heterocycles. The average Bonchev–Trinajstić information content (AvgIpc) is 2.17. The number of rotatable bonds is 2. The minimum Gasteiger partial charge on any atom is -0.374 e. The zero-order valence-electron chi connectivity index (χ0n) is 7.49. The Morgan fingerprint density at radius 2 is 2.58 bits per heavy atom. The Morgan fingerprint density at radius 1 is 1.83 bits per heavy atom. The van der Waals surface area contributed by atoms with E-state index in [4.69, 9.17) is 16.9 Å². The van der Waals surface area contributed by atoms with Gasteiger partial charge in [-0.2, -0.15) is 0 Å². The first kappa shape index (κ1) is 9.53. The quantitative estimate of drug-likeness (QED) is 0.574. The van der Waals surface area contributed by atoms with E-state index in [1.165, 1.54) is 0 Å². The smallest absolute Gasteiger partial charge is 0.0825 e. The van der Waals surface area contributed by atoms with Gasteiger partial charge in [-0.25, -0.2) is 0 Å². The van der Waals surface area contributed by atoms with Crippen molar-refractivity contribution in [2.45, 2.75) is 19.1 Å². The van der Waals surface area contributed by atoms with Crippen LogP contribution in [0.5, 0.6) is 0 Å². The van der Waals surface area contributed by atoms with Crippen LogP contribution in [-0.2, 0) is 4.74 Å². The fourth-order valence-corrected chi connectivity index (χ4v) is 1.34. The van der Waals surface area contributed by atoms with Crippen LogP contribution in [0.4, 0.5) is 0 Å². The Bertz CT molecular complexity index is 176. The number of morpholine rings is 1. The molecule has 2 atom stereocenters. The Hall–Kier alpha value is -0.560. The number of hydrogen-bond donors (Lipinski definition) is 1. The summed E-state index contributed by atoms with van der Waals surface area (Å²) in [7, 11) is 0. The third kappa shape index (κ3) is 2.21.